The summed E-state index contributed by atoms with van der Waals surface area (Å²) in [7, 11) is 0. The fourth-order valence-corrected chi connectivity index (χ4v) is 5.72. The Morgan fingerprint density at radius 1 is 1.30 bits per heavy atom. The molecule has 2 saturated heterocycles. The van der Waals surface area contributed by atoms with Crippen LogP contribution >= 0.6 is 0 Å². The molecule has 0 radical (unpaired) electrons. The molecule has 1 spiro atoms. The van der Waals surface area contributed by atoms with Gasteiger partial charge >= 0.3 is 11.9 Å². The molecular weight excluding hydrogens is 356 g/mol. The molecule has 0 aromatic rings. The SMILES string of the molecule is CC(=O)O[C@@H]1[C@H](O)[C@@H]2O[C@H]3C=C(C)[C@H](OC(C)=O)C[C@@]3(CO)[C@@]1(C)[C@@]21CO1. The van der Waals surface area contributed by atoms with E-state index >= 15 is 0 Å². The molecule has 3 fully saturated rings. The minimum absolute atomic E-state index is 0.287. The van der Waals surface area contributed by atoms with Gasteiger partial charge in [-0.3, -0.25) is 9.59 Å². The summed E-state index contributed by atoms with van der Waals surface area (Å²) in [5.74, 6) is -0.938. The maximum absolute atomic E-state index is 11.8. The summed E-state index contributed by atoms with van der Waals surface area (Å²) in [5, 5.41) is 21.5. The van der Waals surface area contributed by atoms with Crippen LogP contribution in [0.4, 0.5) is 0 Å². The van der Waals surface area contributed by atoms with Gasteiger partial charge in [0.25, 0.3) is 0 Å². The Balaban J connectivity index is 1.85. The van der Waals surface area contributed by atoms with E-state index in [0.29, 0.717) is 6.61 Å². The molecule has 8 atom stereocenters. The van der Waals surface area contributed by atoms with Gasteiger partial charge in [0.1, 0.15) is 30.0 Å². The van der Waals surface area contributed by atoms with Crippen LogP contribution in [0.3, 0.4) is 0 Å². The molecular formula is C19H26O8. The van der Waals surface area contributed by atoms with Crippen LogP contribution in [-0.2, 0) is 28.5 Å². The van der Waals surface area contributed by atoms with Gasteiger partial charge in [-0.2, -0.15) is 0 Å². The molecule has 0 amide bonds. The third kappa shape index (κ3) is 2.18. The normalized spacial score (nSPS) is 50.0. The van der Waals surface area contributed by atoms with Crippen molar-refractivity contribution in [3.63, 3.8) is 0 Å². The molecule has 4 rings (SSSR count). The monoisotopic (exact) mass is 382 g/mol. The average Bonchev–Trinajstić information content (AvgIpc) is 3.36. The highest BCUT2D eigenvalue weighted by atomic mass is 16.7. The number of aliphatic hydroxyl groups excluding tert-OH is 2. The van der Waals surface area contributed by atoms with Crippen LogP contribution in [0.1, 0.15) is 34.1 Å². The Hall–Kier alpha value is -1.48. The van der Waals surface area contributed by atoms with E-state index in [2.05, 4.69) is 0 Å². The molecule has 2 bridgehead atoms. The van der Waals surface area contributed by atoms with Crippen LogP contribution in [0.2, 0.25) is 0 Å². The first kappa shape index (κ1) is 18.9. The molecule has 2 N–H and O–H groups in total. The zero-order valence-corrected chi connectivity index (χ0v) is 15.9. The first-order chi connectivity index (χ1) is 12.6. The van der Waals surface area contributed by atoms with Gasteiger partial charge in [-0.25, -0.2) is 0 Å². The lowest BCUT2D eigenvalue weighted by Gasteiger charge is -2.58. The van der Waals surface area contributed by atoms with Crippen molar-refractivity contribution in [3.05, 3.63) is 11.6 Å². The topological polar surface area (TPSA) is 115 Å². The van der Waals surface area contributed by atoms with Crippen molar-refractivity contribution in [3.8, 4) is 0 Å². The number of rotatable bonds is 3. The predicted molar refractivity (Wildman–Crippen MR) is 90.5 cm³/mol. The van der Waals surface area contributed by atoms with Crippen molar-refractivity contribution in [2.24, 2.45) is 10.8 Å². The van der Waals surface area contributed by atoms with Gasteiger partial charge in [0.15, 0.2) is 0 Å². The standard InChI is InChI=1S/C19H26O8/c1-9-5-13-18(7-20,6-12(9)25-10(2)21)17(4)15(26-11(3)22)14(23)16(27-13)19(17)8-24-19/h5,12-16,20,23H,6-8H2,1-4H3/t12-,13+,14+,15-,16+,17+,18+,19-/m1/s1. The number of ether oxygens (including phenoxy) is 4. The first-order valence-electron chi connectivity index (χ1n) is 9.24. The largest absolute Gasteiger partial charge is 0.459 e. The van der Waals surface area contributed by atoms with Gasteiger partial charge in [-0.05, 0) is 18.9 Å². The zero-order valence-electron chi connectivity index (χ0n) is 15.9. The van der Waals surface area contributed by atoms with Crippen LogP contribution in [0.5, 0.6) is 0 Å². The minimum atomic E-state index is -1.07. The summed E-state index contributed by atoms with van der Waals surface area (Å²) in [6.07, 6.45) is -1.55. The molecule has 2 aliphatic heterocycles. The summed E-state index contributed by atoms with van der Waals surface area (Å²) in [5.41, 5.74) is -1.88. The lowest BCUT2D eigenvalue weighted by molar-refractivity contribution is -0.237. The van der Waals surface area contributed by atoms with Crippen LogP contribution in [0.15, 0.2) is 11.6 Å². The van der Waals surface area contributed by atoms with Crippen molar-refractivity contribution in [2.75, 3.05) is 13.2 Å². The number of aliphatic hydroxyl groups is 2. The second-order valence-electron chi connectivity index (χ2n) is 8.41. The molecule has 2 aliphatic carbocycles. The highest BCUT2D eigenvalue weighted by molar-refractivity contribution is 5.67. The van der Waals surface area contributed by atoms with E-state index in [1.54, 1.807) is 0 Å². The number of carbonyl (C=O) groups excluding carboxylic acids is 2. The van der Waals surface area contributed by atoms with E-state index in [1.165, 1.54) is 13.8 Å². The second kappa shape index (κ2) is 5.76. The maximum atomic E-state index is 11.8. The molecule has 0 unspecified atom stereocenters. The van der Waals surface area contributed by atoms with Gasteiger partial charge in [0, 0.05) is 19.3 Å². The van der Waals surface area contributed by atoms with E-state index in [1.807, 2.05) is 19.9 Å². The lowest BCUT2D eigenvalue weighted by Crippen LogP contribution is -2.67. The zero-order chi connectivity index (χ0) is 19.8. The van der Waals surface area contributed by atoms with E-state index in [9.17, 15) is 19.8 Å². The molecule has 27 heavy (non-hydrogen) atoms. The number of hydrogen-bond acceptors (Lipinski definition) is 8. The fraction of sp³-hybridized carbons (Fsp3) is 0.789. The van der Waals surface area contributed by atoms with Crippen LogP contribution in [-0.4, -0.2) is 71.5 Å². The summed E-state index contributed by atoms with van der Waals surface area (Å²) in [6.45, 7) is 6.40. The Kier molecular flexibility index (Phi) is 4.03. The Bertz CT molecular complexity index is 712. The molecule has 1 saturated carbocycles. The highest BCUT2D eigenvalue weighted by Crippen LogP contribution is 2.71. The van der Waals surface area contributed by atoms with Crippen molar-refractivity contribution in [2.45, 2.75) is 70.2 Å². The third-order valence-electron chi connectivity index (χ3n) is 7.21. The highest BCUT2D eigenvalue weighted by Gasteiger charge is 2.85. The molecule has 8 nitrogen and oxygen atoms in total. The minimum Gasteiger partial charge on any atom is -0.459 e. The van der Waals surface area contributed by atoms with Gasteiger partial charge in [0.2, 0.25) is 0 Å². The quantitative estimate of drug-likeness (QED) is 0.401. The lowest BCUT2D eigenvalue weighted by atomic mass is 9.51. The number of carbonyl (C=O) groups is 2. The summed E-state index contributed by atoms with van der Waals surface area (Å²) in [4.78, 5) is 23.3. The molecule has 8 heteroatoms. The van der Waals surface area contributed by atoms with Crippen molar-refractivity contribution < 1.29 is 38.7 Å². The van der Waals surface area contributed by atoms with Gasteiger partial charge in [0.05, 0.1) is 24.7 Å². The number of fused-ring (bicyclic) bond motifs is 2. The number of hydrogen-bond donors (Lipinski definition) is 2. The smallest absolute Gasteiger partial charge is 0.303 e. The van der Waals surface area contributed by atoms with E-state index < -0.39 is 58.9 Å². The number of esters is 2. The summed E-state index contributed by atoms with van der Waals surface area (Å²) in [6, 6.07) is 0. The average molecular weight is 382 g/mol. The van der Waals surface area contributed by atoms with Crippen LogP contribution < -0.4 is 0 Å². The Labute approximate surface area is 157 Å². The second-order valence-corrected chi connectivity index (χ2v) is 8.41. The fourth-order valence-electron chi connectivity index (χ4n) is 5.72. The van der Waals surface area contributed by atoms with Gasteiger partial charge in [-0.15, -0.1) is 0 Å². The first-order valence-corrected chi connectivity index (χ1v) is 9.24. The predicted octanol–water partition coefficient (Wildman–Crippen LogP) is 0.0957. The van der Waals surface area contributed by atoms with Crippen molar-refractivity contribution in [1.82, 2.24) is 0 Å². The molecule has 0 aromatic heterocycles. The Morgan fingerprint density at radius 2 is 1.93 bits per heavy atom. The van der Waals surface area contributed by atoms with Gasteiger partial charge in [-0.1, -0.05) is 13.0 Å². The van der Waals surface area contributed by atoms with Gasteiger partial charge < -0.3 is 29.2 Å². The maximum Gasteiger partial charge on any atom is 0.303 e. The number of epoxide rings is 1. The van der Waals surface area contributed by atoms with Crippen molar-refractivity contribution >= 4 is 11.9 Å². The molecule has 4 aliphatic rings. The summed E-state index contributed by atoms with van der Waals surface area (Å²) >= 11 is 0. The van der Waals surface area contributed by atoms with Crippen LogP contribution in [0, 0.1) is 10.8 Å². The van der Waals surface area contributed by atoms with E-state index in [4.69, 9.17) is 18.9 Å². The molecule has 150 valence electrons. The van der Waals surface area contributed by atoms with E-state index in [-0.39, 0.29) is 13.0 Å². The third-order valence-corrected chi connectivity index (χ3v) is 7.21. The molecule has 0 aromatic carbocycles. The summed E-state index contributed by atoms with van der Waals surface area (Å²) < 4.78 is 23.1. The van der Waals surface area contributed by atoms with Crippen LogP contribution in [0.25, 0.3) is 0 Å². The van der Waals surface area contributed by atoms with E-state index in [0.717, 1.165) is 5.57 Å². The Morgan fingerprint density at radius 3 is 2.44 bits per heavy atom. The molecule has 2 heterocycles. The van der Waals surface area contributed by atoms with Crippen molar-refractivity contribution in [1.29, 1.82) is 0 Å².